The first-order chi connectivity index (χ1) is 13.7. The predicted molar refractivity (Wildman–Crippen MR) is 111 cm³/mol. The Morgan fingerprint density at radius 3 is 2.50 bits per heavy atom. The molecule has 1 N–H and O–H groups in total. The minimum atomic E-state index is 0.0119. The standard InChI is InChI=1S/C23H25N3O2/c1-25-15-5-9-21(25)22-10-6-16-26(22)17-23(27)24-18-11-13-20(14-12-18)28-19-7-3-2-4-8-19/h2-5,7-9,11-15,22H,6,10,16-17H2,1H3,(H,24,27)/t22-/m1/s1. The smallest absolute Gasteiger partial charge is 0.238 e. The summed E-state index contributed by atoms with van der Waals surface area (Å²) < 4.78 is 7.93. The Bertz CT molecular complexity index is 919. The Morgan fingerprint density at radius 2 is 1.79 bits per heavy atom. The van der Waals surface area contributed by atoms with Gasteiger partial charge in [-0.15, -0.1) is 0 Å². The molecule has 1 aromatic heterocycles. The third kappa shape index (κ3) is 4.26. The van der Waals surface area contributed by atoms with E-state index in [2.05, 4.69) is 40.2 Å². The van der Waals surface area contributed by atoms with Gasteiger partial charge in [0.15, 0.2) is 0 Å². The molecule has 28 heavy (non-hydrogen) atoms. The van der Waals surface area contributed by atoms with Crippen LogP contribution >= 0.6 is 0 Å². The van der Waals surface area contributed by atoms with Crippen LogP contribution in [0, 0.1) is 0 Å². The lowest BCUT2D eigenvalue weighted by molar-refractivity contribution is -0.117. The molecule has 2 heterocycles. The second-order valence-electron chi connectivity index (χ2n) is 7.16. The zero-order valence-electron chi connectivity index (χ0n) is 16.0. The van der Waals surface area contributed by atoms with Crippen LogP contribution in [-0.2, 0) is 11.8 Å². The quantitative estimate of drug-likeness (QED) is 0.685. The number of likely N-dealkylation sites (tertiary alicyclic amines) is 1. The number of nitrogens with zero attached hydrogens (tertiary/aromatic N) is 2. The Hall–Kier alpha value is -3.05. The van der Waals surface area contributed by atoms with Gasteiger partial charge in [0.05, 0.1) is 12.6 Å². The third-order valence-corrected chi connectivity index (χ3v) is 5.15. The predicted octanol–water partition coefficient (Wildman–Crippen LogP) is 4.59. The lowest BCUT2D eigenvalue weighted by atomic mass is 10.1. The molecular weight excluding hydrogens is 350 g/mol. The lowest BCUT2D eigenvalue weighted by Gasteiger charge is -2.24. The van der Waals surface area contributed by atoms with Crippen molar-refractivity contribution in [1.29, 1.82) is 0 Å². The lowest BCUT2D eigenvalue weighted by Crippen LogP contribution is -2.33. The van der Waals surface area contributed by atoms with E-state index in [1.54, 1.807) is 0 Å². The maximum absolute atomic E-state index is 12.6. The molecule has 2 aromatic carbocycles. The molecule has 1 aliphatic heterocycles. The highest BCUT2D eigenvalue weighted by Crippen LogP contribution is 2.31. The average Bonchev–Trinajstić information content (AvgIpc) is 3.32. The Morgan fingerprint density at radius 1 is 1.04 bits per heavy atom. The number of carbonyl (C=O) groups excluding carboxylic acids is 1. The van der Waals surface area contributed by atoms with Crippen molar-refractivity contribution in [2.45, 2.75) is 18.9 Å². The van der Waals surface area contributed by atoms with Crippen LogP contribution in [-0.4, -0.2) is 28.5 Å². The van der Waals surface area contributed by atoms with Crippen LogP contribution in [0.5, 0.6) is 11.5 Å². The van der Waals surface area contributed by atoms with Gasteiger partial charge in [0.25, 0.3) is 0 Å². The van der Waals surface area contributed by atoms with Crippen molar-refractivity contribution in [3.05, 3.63) is 78.6 Å². The summed E-state index contributed by atoms with van der Waals surface area (Å²) in [5.41, 5.74) is 2.05. The molecule has 4 rings (SSSR count). The average molecular weight is 375 g/mol. The molecule has 0 radical (unpaired) electrons. The van der Waals surface area contributed by atoms with E-state index in [0.717, 1.165) is 36.6 Å². The van der Waals surface area contributed by atoms with Crippen molar-refractivity contribution in [3.63, 3.8) is 0 Å². The molecular formula is C23H25N3O2. The summed E-state index contributed by atoms with van der Waals surface area (Å²) in [6, 6.07) is 21.6. The van der Waals surface area contributed by atoms with E-state index in [-0.39, 0.29) is 5.91 Å². The fourth-order valence-corrected chi connectivity index (χ4v) is 3.79. The second-order valence-corrected chi connectivity index (χ2v) is 7.16. The topological polar surface area (TPSA) is 46.5 Å². The second kappa shape index (κ2) is 8.31. The number of hydrogen-bond donors (Lipinski definition) is 1. The van der Waals surface area contributed by atoms with E-state index >= 15 is 0 Å². The van der Waals surface area contributed by atoms with Crippen LogP contribution in [0.3, 0.4) is 0 Å². The molecule has 1 aliphatic rings. The molecule has 3 aromatic rings. The van der Waals surface area contributed by atoms with Gasteiger partial charge in [-0.2, -0.15) is 0 Å². The molecule has 0 saturated carbocycles. The molecule has 0 spiro atoms. The molecule has 0 bridgehead atoms. The highest BCUT2D eigenvalue weighted by atomic mass is 16.5. The largest absolute Gasteiger partial charge is 0.457 e. The Balaban J connectivity index is 1.34. The van der Waals surface area contributed by atoms with Crippen molar-refractivity contribution in [2.24, 2.45) is 7.05 Å². The summed E-state index contributed by atoms with van der Waals surface area (Å²) in [6.45, 7) is 1.35. The van der Waals surface area contributed by atoms with Crippen LogP contribution in [0.4, 0.5) is 5.69 Å². The minimum absolute atomic E-state index is 0.0119. The summed E-state index contributed by atoms with van der Waals surface area (Å²) in [4.78, 5) is 14.8. The van der Waals surface area contributed by atoms with E-state index in [0.29, 0.717) is 12.6 Å². The van der Waals surface area contributed by atoms with E-state index in [1.165, 1.54) is 5.69 Å². The van der Waals surface area contributed by atoms with Crippen molar-refractivity contribution < 1.29 is 9.53 Å². The molecule has 1 amide bonds. The number of amides is 1. The van der Waals surface area contributed by atoms with Gasteiger partial charge in [-0.3, -0.25) is 9.69 Å². The van der Waals surface area contributed by atoms with Gasteiger partial charge in [0.2, 0.25) is 5.91 Å². The van der Waals surface area contributed by atoms with Gasteiger partial charge in [-0.1, -0.05) is 18.2 Å². The monoisotopic (exact) mass is 375 g/mol. The van der Waals surface area contributed by atoms with E-state index in [1.807, 2.05) is 54.6 Å². The molecule has 1 saturated heterocycles. The van der Waals surface area contributed by atoms with Crippen LogP contribution in [0.2, 0.25) is 0 Å². The van der Waals surface area contributed by atoms with Crippen molar-refractivity contribution in [1.82, 2.24) is 9.47 Å². The van der Waals surface area contributed by atoms with Crippen LogP contribution in [0.1, 0.15) is 24.6 Å². The Kier molecular flexibility index (Phi) is 5.44. The highest BCUT2D eigenvalue weighted by molar-refractivity contribution is 5.92. The molecule has 1 fully saturated rings. The highest BCUT2D eigenvalue weighted by Gasteiger charge is 2.28. The van der Waals surface area contributed by atoms with Gasteiger partial charge >= 0.3 is 0 Å². The number of para-hydroxylation sites is 1. The molecule has 5 heteroatoms. The summed E-state index contributed by atoms with van der Waals surface area (Å²) in [6.07, 6.45) is 4.27. The number of anilines is 1. The number of rotatable bonds is 6. The van der Waals surface area contributed by atoms with E-state index in [9.17, 15) is 4.79 Å². The van der Waals surface area contributed by atoms with Gasteiger partial charge in [-0.05, 0) is 67.9 Å². The molecule has 1 atom stereocenters. The normalized spacial score (nSPS) is 16.8. The molecule has 144 valence electrons. The van der Waals surface area contributed by atoms with Crippen LogP contribution in [0.25, 0.3) is 0 Å². The first-order valence-corrected chi connectivity index (χ1v) is 9.67. The third-order valence-electron chi connectivity index (χ3n) is 5.15. The number of benzene rings is 2. The van der Waals surface area contributed by atoms with Gasteiger partial charge in [0, 0.05) is 24.6 Å². The van der Waals surface area contributed by atoms with Crippen LogP contribution < -0.4 is 10.1 Å². The number of ether oxygens (including phenoxy) is 1. The number of aromatic nitrogens is 1. The van der Waals surface area contributed by atoms with Crippen molar-refractivity contribution >= 4 is 11.6 Å². The molecule has 0 unspecified atom stereocenters. The number of aryl methyl sites for hydroxylation is 1. The van der Waals surface area contributed by atoms with Gasteiger partial charge in [-0.25, -0.2) is 0 Å². The minimum Gasteiger partial charge on any atom is -0.457 e. The summed E-state index contributed by atoms with van der Waals surface area (Å²) in [5.74, 6) is 1.55. The fourth-order valence-electron chi connectivity index (χ4n) is 3.79. The first-order valence-electron chi connectivity index (χ1n) is 9.67. The number of hydrogen-bond acceptors (Lipinski definition) is 3. The van der Waals surface area contributed by atoms with E-state index < -0.39 is 0 Å². The maximum atomic E-state index is 12.6. The molecule has 5 nitrogen and oxygen atoms in total. The van der Waals surface area contributed by atoms with Crippen molar-refractivity contribution in [3.8, 4) is 11.5 Å². The summed E-state index contributed by atoms with van der Waals surface area (Å²) >= 11 is 0. The first kappa shape index (κ1) is 18.3. The SMILES string of the molecule is Cn1cccc1[C@H]1CCCN1CC(=O)Nc1ccc(Oc2ccccc2)cc1. The zero-order valence-corrected chi connectivity index (χ0v) is 16.0. The van der Waals surface area contributed by atoms with Crippen molar-refractivity contribution in [2.75, 3.05) is 18.4 Å². The maximum Gasteiger partial charge on any atom is 0.238 e. The van der Waals surface area contributed by atoms with Crippen LogP contribution in [0.15, 0.2) is 72.9 Å². The number of nitrogens with one attached hydrogen (secondary N) is 1. The van der Waals surface area contributed by atoms with Gasteiger partial charge in [0.1, 0.15) is 11.5 Å². The number of carbonyl (C=O) groups is 1. The summed E-state index contributed by atoms with van der Waals surface area (Å²) in [5, 5.41) is 3.00. The Labute approximate surface area is 165 Å². The fraction of sp³-hybridized carbons (Fsp3) is 0.261. The van der Waals surface area contributed by atoms with Gasteiger partial charge < -0.3 is 14.6 Å². The summed E-state index contributed by atoms with van der Waals surface area (Å²) in [7, 11) is 2.06. The van der Waals surface area contributed by atoms with E-state index in [4.69, 9.17) is 4.74 Å². The zero-order chi connectivity index (χ0) is 19.3. The molecule has 0 aliphatic carbocycles.